The molecule has 0 unspecified atom stereocenters. The molecule has 0 saturated carbocycles. The van der Waals surface area contributed by atoms with E-state index in [1.165, 1.54) is 4.52 Å². The lowest BCUT2D eigenvalue weighted by atomic mass is 10.4. The molecule has 1 N–H and O–H groups in total. The summed E-state index contributed by atoms with van der Waals surface area (Å²) in [5.74, 6) is -0.989. The fourth-order valence-corrected chi connectivity index (χ4v) is 2.58. The third-order valence-corrected chi connectivity index (χ3v) is 3.65. The summed E-state index contributed by atoms with van der Waals surface area (Å²) in [5, 5.41) is 10.5. The van der Waals surface area contributed by atoms with Crippen molar-refractivity contribution in [3.05, 3.63) is 29.0 Å². The zero-order valence-corrected chi connectivity index (χ0v) is 13.9. The standard InChI is InChI=1S/C13H13N7O3S/c1-4-23-12(22)8-11(24-19-17-8)16-10(21)9-15-13-14-6(2)5-7(3)20(13)18-9/h5H,4H2,1-3H3,(H,16,21). The molecule has 3 heterocycles. The zero-order chi connectivity index (χ0) is 17.3. The molecule has 11 heteroatoms. The Hall–Kier alpha value is -2.95. The second kappa shape index (κ2) is 6.28. The van der Waals surface area contributed by atoms with Gasteiger partial charge in [-0.15, -0.1) is 10.2 Å². The predicted octanol–water partition coefficient (Wildman–Crippen LogP) is 1.02. The number of aryl methyl sites for hydroxylation is 2. The Labute approximate surface area is 140 Å². The summed E-state index contributed by atoms with van der Waals surface area (Å²) in [4.78, 5) is 32.4. The van der Waals surface area contributed by atoms with Gasteiger partial charge in [0.2, 0.25) is 11.5 Å². The lowest BCUT2D eigenvalue weighted by Gasteiger charge is -2.01. The third kappa shape index (κ3) is 2.93. The third-order valence-electron chi connectivity index (χ3n) is 3.01. The molecule has 124 valence electrons. The van der Waals surface area contributed by atoms with E-state index in [0.29, 0.717) is 5.78 Å². The number of hydrogen-bond acceptors (Lipinski definition) is 9. The predicted molar refractivity (Wildman–Crippen MR) is 84.1 cm³/mol. The minimum absolute atomic E-state index is 0.0517. The molecule has 0 fully saturated rings. The van der Waals surface area contributed by atoms with Crippen LogP contribution in [0.25, 0.3) is 5.78 Å². The van der Waals surface area contributed by atoms with Gasteiger partial charge in [-0.25, -0.2) is 14.3 Å². The van der Waals surface area contributed by atoms with Gasteiger partial charge in [0.1, 0.15) is 0 Å². The normalized spacial score (nSPS) is 10.8. The Morgan fingerprint density at radius 2 is 2.12 bits per heavy atom. The average molecular weight is 347 g/mol. The van der Waals surface area contributed by atoms with Gasteiger partial charge in [-0.05, 0) is 26.8 Å². The van der Waals surface area contributed by atoms with E-state index in [1.54, 1.807) is 6.92 Å². The maximum atomic E-state index is 12.3. The molecule has 0 atom stereocenters. The van der Waals surface area contributed by atoms with Crippen molar-refractivity contribution in [1.82, 2.24) is 29.2 Å². The van der Waals surface area contributed by atoms with Gasteiger partial charge in [0.15, 0.2) is 5.00 Å². The molecular weight excluding hydrogens is 334 g/mol. The highest BCUT2D eigenvalue weighted by atomic mass is 32.1. The number of rotatable bonds is 4. The van der Waals surface area contributed by atoms with Crippen molar-refractivity contribution < 1.29 is 14.3 Å². The molecule has 0 aliphatic heterocycles. The first-order chi connectivity index (χ1) is 11.5. The lowest BCUT2D eigenvalue weighted by molar-refractivity contribution is 0.0520. The van der Waals surface area contributed by atoms with Crippen LogP contribution in [0.15, 0.2) is 6.07 Å². The number of fused-ring (bicyclic) bond motifs is 1. The SMILES string of the molecule is CCOC(=O)c1nnsc1NC(=O)c1nc2nc(C)cc(C)n2n1. The molecule has 0 aliphatic carbocycles. The maximum Gasteiger partial charge on any atom is 0.362 e. The Morgan fingerprint density at radius 3 is 2.88 bits per heavy atom. The summed E-state index contributed by atoms with van der Waals surface area (Å²) in [6.45, 7) is 5.54. The van der Waals surface area contributed by atoms with Crippen molar-refractivity contribution in [3.8, 4) is 0 Å². The van der Waals surface area contributed by atoms with Crippen LogP contribution in [0.1, 0.15) is 39.4 Å². The van der Waals surface area contributed by atoms with Crippen LogP contribution in [-0.4, -0.2) is 47.7 Å². The fourth-order valence-electron chi connectivity index (χ4n) is 2.03. The van der Waals surface area contributed by atoms with E-state index in [0.717, 1.165) is 22.9 Å². The number of carbonyl (C=O) groups is 2. The number of amides is 1. The van der Waals surface area contributed by atoms with E-state index >= 15 is 0 Å². The molecule has 1 amide bonds. The van der Waals surface area contributed by atoms with E-state index in [9.17, 15) is 9.59 Å². The van der Waals surface area contributed by atoms with Gasteiger partial charge in [0, 0.05) is 22.9 Å². The van der Waals surface area contributed by atoms with E-state index in [2.05, 4.69) is 30.0 Å². The second-order valence-corrected chi connectivity index (χ2v) is 5.57. The Kier molecular flexibility index (Phi) is 4.16. The molecule has 3 rings (SSSR count). The molecule has 0 radical (unpaired) electrons. The molecule has 0 aromatic carbocycles. The van der Waals surface area contributed by atoms with Crippen molar-refractivity contribution in [1.29, 1.82) is 0 Å². The lowest BCUT2D eigenvalue weighted by Crippen LogP contribution is -2.16. The van der Waals surface area contributed by atoms with Crippen molar-refractivity contribution in [2.75, 3.05) is 11.9 Å². The van der Waals surface area contributed by atoms with Crippen LogP contribution < -0.4 is 5.32 Å². The monoisotopic (exact) mass is 347 g/mol. The Bertz CT molecular complexity index is 933. The van der Waals surface area contributed by atoms with Gasteiger partial charge in [0.25, 0.3) is 11.7 Å². The first-order valence-corrected chi connectivity index (χ1v) is 7.78. The van der Waals surface area contributed by atoms with Crippen molar-refractivity contribution >= 4 is 34.2 Å². The van der Waals surface area contributed by atoms with E-state index in [1.807, 2.05) is 19.9 Å². The van der Waals surface area contributed by atoms with Crippen LogP contribution in [0, 0.1) is 13.8 Å². The van der Waals surface area contributed by atoms with Gasteiger partial charge in [-0.3, -0.25) is 4.79 Å². The van der Waals surface area contributed by atoms with E-state index < -0.39 is 11.9 Å². The summed E-state index contributed by atoms with van der Waals surface area (Å²) >= 11 is 0.867. The first kappa shape index (κ1) is 15.9. The summed E-state index contributed by atoms with van der Waals surface area (Å²) < 4.78 is 9.99. The number of ether oxygens (including phenoxy) is 1. The molecule has 0 aliphatic rings. The molecule has 3 aromatic rings. The first-order valence-electron chi connectivity index (χ1n) is 7.01. The summed E-state index contributed by atoms with van der Waals surface area (Å²) in [6.07, 6.45) is 0. The number of anilines is 1. The van der Waals surface area contributed by atoms with Crippen LogP contribution >= 0.6 is 11.5 Å². The van der Waals surface area contributed by atoms with Crippen molar-refractivity contribution in [2.45, 2.75) is 20.8 Å². The molecule has 24 heavy (non-hydrogen) atoms. The zero-order valence-electron chi connectivity index (χ0n) is 13.1. The van der Waals surface area contributed by atoms with Gasteiger partial charge in [0.05, 0.1) is 6.61 Å². The Morgan fingerprint density at radius 1 is 1.33 bits per heavy atom. The highest BCUT2D eigenvalue weighted by molar-refractivity contribution is 7.10. The number of nitrogens with zero attached hydrogens (tertiary/aromatic N) is 6. The summed E-state index contributed by atoms with van der Waals surface area (Å²) in [6, 6.07) is 1.83. The van der Waals surface area contributed by atoms with E-state index in [-0.39, 0.29) is 23.1 Å². The minimum atomic E-state index is -0.655. The van der Waals surface area contributed by atoms with Crippen molar-refractivity contribution in [3.63, 3.8) is 0 Å². The maximum absolute atomic E-state index is 12.3. The van der Waals surface area contributed by atoms with E-state index in [4.69, 9.17) is 4.74 Å². The molecular formula is C13H13N7O3S. The van der Waals surface area contributed by atoms with Gasteiger partial charge in [-0.1, -0.05) is 4.49 Å². The van der Waals surface area contributed by atoms with Crippen LogP contribution in [0.2, 0.25) is 0 Å². The number of carbonyl (C=O) groups excluding carboxylic acids is 2. The van der Waals surface area contributed by atoms with Crippen LogP contribution in [0.3, 0.4) is 0 Å². The minimum Gasteiger partial charge on any atom is -0.461 e. The van der Waals surface area contributed by atoms with Gasteiger partial charge >= 0.3 is 5.97 Å². The number of esters is 1. The van der Waals surface area contributed by atoms with Gasteiger partial charge in [-0.2, -0.15) is 4.98 Å². The van der Waals surface area contributed by atoms with Crippen LogP contribution in [0.4, 0.5) is 5.00 Å². The summed E-state index contributed by atoms with van der Waals surface area (Å²) in [5.41, 5.74) is 1.52. The number of aromatic nitrogens is 6. The number of hydrogen-bond donors (Lipinski definition) is 1. The Balaban J connectivity index is 1.87. The largest absolute Gasteiger partial charge is 0.461 e. The van der Waals surface area contributed by atoms with Gasteiger partial charge < -0.3 is 10.1 Å². The van der Waals surface area contributed by atoms with Crippen molar-refractivity contribution in [2.24, 2.45) is 0 Å². The topological polar surface area (TPSA) is 124 Å². The van der Waals surface area contributed by atoms with Crippen LogP contribution in [-0.2, 0) is 4.74 Å². The molecule has 0 saturated heterocycles. The summed E-state index contributed by atoms with van der Waals surface area (Å²) in [7, 11) is 0. The van der Waals surface area contributed by atoms with Crippen LogP contribution in [0.5, 0.6) is 0 Å². The highest BCUT2D eigenvalue weighted by Crippen LogP contribution is 2.19. The fraction of sp³-hybridized carbons (Fsp3) is 0.308. The molecule has 0 bridgehead atoms. The smallest absolute Gasteiger partial charge is 0.362 e. The number of nitrogens with one attached hydrogen (secondary N) is 1. The quantitative estimate of drug-likeness (QED) is 0.694. The molecule has 0 spiro atoms. The second-order valence-electron chi connectivity index (χ2n) is 4.81. The molecule has 3 aromatic heterocycles. The highest BCUT2D eigenvalue weighted by Gasteiger charge is 2.22. The average Bonchev–Trinajstić information content (AvgIpc) is 3.14. The molecule has 10 nitrogen and oxygen atoms in total.